The van der Waals surface area contributed by atoms with Gasteiger partial charge in [-0.1, -0.05) is 117 Å². The van der Waals surface area contributed by atoms with Gasteiger partial charge in [-0.05, 0) is 46.5 Å². The van der Waals surface area contributed by atoms with Crippen LogP contribution < -0.4 is 0 Å². The summed E-state index contributed by atoms with van der Waals surface area (Å²) in [5.74, 6) is 1.97. The quantitative estimate of drug-likeness (QED) is 0.203. The largest absolute Gasteiger partial charge is 0.454 e. The second-order valence-corrected chi connectivity index (χ2v) is 12.3. The van der Waals surface area contributed by atoms with Crippen LogP contribution in [0.5, 0.6) is 0 Å². The van der Waals surface area contributed by atoms with Crippen LogP contribution in [-0.4, -0.2) is 19.9 Å². The Morgan fingerprint density at radius 3 is 1.70 bits per heavy atom. The highest BCUT2D eigenvalue weighted by molar-refractivity contribution is 6.08. The van der Waals surface area contributed by atoms with Gasteiger partial charge >= 0.3 is 0 Å². The number of furan rings is 1. The molecule has 0 aliphatic heterocycles. The predicted octanol–water partition coefficient (Wildman–Crippen LogP) is 10.1. The van der Waals surface area contributed by atoms with Crippen LogP contribution in [0.3, 0.4) is 0 Å². The summed E-state index contributed by atoms with van der Waals surface area (Å²) in [6.07, 6.45) is 1.88. The van der Waals surface area contributed by atoms with Gasteiger partial charge in [-0.25, -0.2) is 15.0 Å². The van der Waals surface area contributed by atoms with Gasteiger partial charge in [-0.15, -0.1) is 0 Å². The molecule has 1 aliphatic carbocycles. The number of aromatic nitrogens is 4. The lowest BCUT2D eigenvalue weighted by molar-refractivity contribution is 0.660. The van der Waals surface area contributed by atoms with E-state index >= 15 is 0 Å². The zero-order chi connectivity index (χ0) is 30.8. The van der Waals surface area contributed by atoms with Crippen molar-refractivity contribution >= 4 is 21.9 Å². The van der Waals surface area contributed by atoms with Crippen LogP contribution in [0.15, 0.2) is 138 Å². The molecule has 0 saturated heterocycles. The molecular formula is C41H28N4O. The van der Waals surface area contributed by atoms with Crippen molar-refractivity contribution < 1.29 is 4.42 Å². The Bertz CT molecular complexity index is 2390. The maximum atomic E-state index is 6.34. The number of rotatable bonds is 4. The van der Waals surface area contributed by atoms with E-state index in [1.54, 1.807) is 0 Å². The number of hydrogen-bond acceptors (Lipinski definition) is 5. The molecule has 0 unspecified atom stereocenters. The zero-order valence-electron chi connectivity index (χ0n) is 25.4. The van der Waals surface area contributed by atoms with E-state index in [1.165, 1.54) is 22.3 Å². The summed E-state index contributed by atoms with van der Waals surface area (Å²) in [6.45, 7) is 4.58. The van der Waals surface area contributed by atoms with Crippen molar-refractivity contribution in [2.45, 2.75) is 19.3 Å². The Kier molecular flexibility index (Phi) is 5.78. The summed E-state index contributed by atoms with van der Waals surface area (Å²) in [5.41, 5.74) is 11.2. The van der Waals surface area contributed by atoms with Gasteiger partial charge in [0.2, 0.25) is 0 Å². The molecule has 5 aromatic carbocycles. The van der Waals surface area contributed by atoms with Gasteiger partial charge in [0.25, 0.3) is 0 Å². The van der Waals surface area contributed by atoms with Gasteiger partial charge in [0.05, 0.1) is 0 Å². The van der Waals surface area contributed by atoms with Crippen molar-refractivity contribution in [3.05, 3.63) is 145 Å². The van der Waals surface area contributed by atoms with Gasteiger partial charge in [0.15, 0.2) is 23.1 Å². The van der Waals surface area contributed by atoms with Crippen molar-refractivity contribution in [3.63, 3.8) is 0 Å². The van der Waals surface area contributed by atoms with E-state index in [0.29, 0.717) is 17.5 Å². The van der Waals surface area contributed by atoms with Gasteiger partial charge in [0.1, 0.15) is 11.3 Å². The van der Waals surface area contributed by atoms with Crippen LogP contribution in [-0.2, 0) is 5.41 Å². The first-order valence-electron chi connectivity index (χ1n) is 15.5. The van der Waals surface area contributed by atoms with E-state index < -0.39 is 0 Å². The van der Waals surface area contributed by atoms with E-state index in [9.17, 15) is 0 Å². The standard InChI is InChI=1S/C41H28N4O/c1-41(2)33-23-27(36-37-32(21-22-42-36)31-15-9-10-16-35(31)46-37)17-19-29(33)30-20-18-28(24-34(30)41)40-44-38(25-11-5-3-6-12-25)43-39(45-40)26-13-7-4-8-14-26/h3-24H,1-2H3. The van der Waals surface area contributed by atoms with E-state index in [4.69, 9.17) is 24.4 Å². The number of para-hydroxylation sites is 1. The summed E-state index contributed by atoms with van der Waals surface area (Å²) >= 11 is 0. The average Bonchev–Trinajstić information content (AvgIpc) is 3.60. The molecule has 0 radical (unpaired) electrons. The molecule has 0 atom stereocenters. The Labute approximate surface area is 266 Å². The average molecular weight is 593 g/mol. The molecule has 5 heteroatoms. The van der Waals surface area contributed by atoms with Crippen molar-refractivity contribution in [3.8, 4) is 56.5 Å². The zero-order valence-corrected chi connectivity index (χ0v) is 25.4. The smallest absolute Gasteiger partial charge is 0.164 e. The first-order chi connectivity index (χ1) is 22.5. The van der Waals surface area contributed by atoms with Crippen LogP contribution in [0, 0.1) is 0 Å². The van der Waals surface area contributed by atoms with Crippen molar-refractivity contribution in [2.75, 3.05) is 0 Å². The molecule has 1 aliphatic rings. The molecule has 0 fully saturated rings. The Hall–Kier alpha value is -5.94. The van der Waals surface area contributed by atoms with E-state index in [1.807, 2.05) is 91.1 Å². The number of benzene rings is 5. The second kappa shape index (κ2) is 10.0. The Balaban J connectivity index is 1.16. The lowest BCUT2D eigenvalue weighted by atomic mass is 9.81. The highest BCUT2D eigenvalue weighted by Gasteiger charge is 2.36. The maximum Gasteiger partial charge on any atom is 0.164 e. The lowest BCUT2D eigenvalue weighted by Crippen LogP contribution is -2.15. The van der Waals surface area contributed by atoms with Crippen LogP contribution in [0.2, 0.25) is 0 Å². The molecule has 218 valence electrons. The highest BCUT2D eigenvalue weighted by Crippen LogP contribution is 2.51. The fourth-order valence-electron chi connectivity index (χ4n) is 6.82. The lowest BCUT2D eigenvalue weighted by Gasteiger charge is -2.22. The molecule has 3 aromatic heterocycles. The fourth-order valence-corrected chi connectivity index (χ4v) is 6.82. The van der Waals surface area contributed by atoms with Crippen molar-refractivity contribution in [1.82, 2.24) is 19.9 Å². The molecule has 9 rings (SSSR count). The molecule has 0 bridgehead atoms. The minimum Gasteiger partial charge on any atom is -0.454 e. The molecule has 3 heterocycles. The monoisotopic (exact) mass is 592 g/mol. The minimum atomic E-state index is -0.254. The molecule has 5 nitrogen and oxygen atoms in total. The summed E-state index contributed by atoms with van der Waals surface area (Å²) in [7, 11) is 0. The number of hydrogen-bond donors (Lipinski definition) is 0. The summed E-state index contributed by atoms with van der Waals surface area (Å²) in [5, 5.41) is 2.18. The van der Waals surface area contributed by atoms with E-state index in [2.05, 4.69) is 56.3 Å². The van der Waals surface area contributed by atoms with Gasteiger partial charge < -0.3 is 4.42 Å². The summed E-state index contributed by atoms with van der Waals surface area (Å²) in [4.78, 5) is 19.6. The van der Waals surface area contributed by atoms with Crippen molar-refractivity contribution in [2.24, 2.45) is 0 Å². The third kappa shape index (κ3) is 4.09. The summed E-state index contributed by atoms with van der Waals surface area (Å²) in [6, 6.07) is 43.7. The normalized spacial score (nSPS) is 13.2. The number of fused-ring (bicyclic) bond motifs is 6. The first-order valence-corrected chi connectivity index (χ1v) is 15.5. The third-order valence-electron chi connectivity index (χ3n) is 9.20. The maximum absolute atomic E-state index is 6.34. The van der Waals surface area contributed by atoms with E-state index in [0.717, 1.165) is 49.9 Å². The molecule has 46 heavy (non-hydrogen) atoms. The number of nitrogens with zero attached hydrogens (tertiary/aromatic N) is 4. The predicted molar refractivity (Wildman–Crippen MR) is 184 cm³/mol. The minimum absolute atomic E-state index is 0.254. The molecule has 8 aromatic rings. The SMILES string of the molecule is CC1(C)c2cc(-c3nc(-c4ccccc4)nc(-c4ccccc4)n3)ccc2-c2ccc(-c3nccc4c3oc3ccccc34)cc21. The molecular weight excluding hydrogens is 564 g/mol. The second-order valence-electron chi connectivity index (χ2n) is 12.3. The molecule has 0 amide bonds. The first kappa shape index (κ1) is 26.5. The van der Waals surface area contributed by atoms with Gasteiger partial charge in [-0.3, -0.25) is 4.98 Å². The molecule has 0 saturated carbocycles. The van der Waals surface area contributed by atoms with Crippen LogP contribution >= 0.6 is 0 Å². The Morgan fingerprint density at radius 1 is 0.500 bits per heavy atom. The molecule has 0 spiro atoms. The van der Waals surface area contributed by atoms with Crippen molar-refractivity contribution in [1.29, 1.82) is 0 Å². The van der Waals surface area contributed by atoms with Gasteiger partial charge in [0, 0.05) is 44.6 Å². The van der Waals surface area contributed by atoms with Crippen LogP contribution in [0.1, 0.15) is 25.0 Å². The van der Waals surface area contributed by atoms with Crippen LogP contribution in [0.4, 0.5) is 0 Å². The van der Waals surface area contributed by atoms with E-state index in [-0.39, 0.29) is 5.41 Å². The topological polar surface area (TPSA) is 64.7 Å². The van der Waals surface area contributed by atoms with Gasteiger partial charge in [-0.2, -0.15) is 0 Å². The van der Waals surface area contributed by atoms with Crippen LogP contribution in [0.25, 0.3) is 78.5 Å². The number of pyridine rings is 1. The Morgan fingerprint density at radius 2 is 1.04 bits per heavy atom. The molecule has 0 N–H and O–H groups in total. The highest BCUT2D eigenvalue weighted by atomic mass is 16.3. The third-order valence-corrected chi connectivity index (χ3v) is 9.20. The fraction of sp³-hybridized carbons (Fsp3) is 0.0732. The summed E-state index contributed by atoms with van der Waals surface area (Å²) < 4.78 is 6.34.